The van der Waals surface area contributed by atoms with Crippen molar-refractivity contribution in [3.8, 4) is 0 Å². The minimum atomic E-state index is -1.11. The number of ether oxygens (including phenoxy) is 1. The third-order valence-electron chi connectivity index (χ3n) is 2.49. The summed E-state index contributed by atoms with van der Waals surface area (Å²) in [5, 5.41) is 9.35. The number of amides is 1. The van der Waals surface area contributed by atoms with Crippen molar-refractivity contribution < 1.29 is 19.4 Å². The van der Waals surface area contributed by atoms with Crippen LogP contribution in [0.15, 0.2) is 28.7 Å². The highest BCUT2D eigenvalue weighted by Gasteiger charge is 2.31. The fourth-order valence-corrected chi connectivity index (χ4v) is 1.88. The highest BCUT2D eigenvalue weighted by Crippen LogP contribution is 2.23. The molecule has 0 saturated heterocycles. The predicted octanol–water partition coefficient (Wildman–Crippen LogP) is 3.44. The molecule has 6 heteroatoms. The van der Waals surface area contributed by atoms with Gasteiger partial charge in [-0.05, 0) is 38.5 Å². The van der Waals surface area contributed by atoms with Crippen molar-refractivity contribution in [2.24, 2.45) is 0 Å². The molecule has 110 valence electrons. The molecule has 1 atom stereocenters. The van der Waals surface area contributed by atoms with Crippen molar-refractivity contribution in [1.82, 2.24) is 4.90 Å². The summed E-state index contributed by atoms with van der Waals surface area (Å²) in [7, 11) is 1.41. The van der Waals surface area contributed by atoms with Gasteiger partial charge in [0.1, 0.15) is 5.60 Å². The highest BCUT2D eigenvalue weighted by molar-refractivity contribution is 9.10. The van der Waals surface area contributed by atoms with E-state index in [1.165, 1.54) is 7.05 Å². The maximum absolute atomic E-state index is 12.0. The lowest BCUT2D eigenvalue weighted by atomic mass is 10.1. The van der Waals surface area contributed by atoms with Crippen LogP contribution in [0.2, 0.25) is 0 Å². The van der Waals surface area contributed by atoms with E-state index >= 15 is 0 Å². The van der Waals surface area contributed by atoms with Crippen molar-refractivity contribution in [3.05, 3.63) is 34.3 Å². The van der Waals surface area contributed by atoms with Crippen molar-refractivity contribution in [2.75, 3.05) is 7.05 Å². The number of carbonyl (C=O) groups is 2. The number of halogens is 1. The Morgan fingerprint density at radius 3 is 2.15 bits per heavy atom. The number of carboxylic acid groups (broad SMARTS) is 1. The zero-order chi connectivity index (χ0) is 15.5. The Labute approximate surface area is 126 Å². The van der Waals surface area contributed by atoms with Gasteiger partial charge in [-0.1, -0.05) is 28.1 Å². The molecule has 0 radical (unpaired) electrons. The van der Waals surface area contributed by atoms with Crippen molar-refractivity contribution in [2.45, 2.75) is 32.4 Å². The van der Waals surface area contributed by atoms with E-state index in [0.29, 0.717) is 5.56 Å². The molecule has 0 saturated carbocycles. The van der Waals surface area contributed by atoms with Gasteiger partial charge in [-0.25, -0.2) is 9.59 Å². The zero-order valence-electron chi connectivity index (χ0n) is 11.9. The number of carboxylic acids is 1. The van der Waals surface area contributed by atoms with Crippen LogP contribution in [0.1, 0.15) is 32.4 Å². The number of aliphatic carboxylic acids is 1. The average Bonchev–Trinajstić information content (AvgIpc) is 2.29. The second-order valence-electron chi connectivity index (χ2n) is 5.38. The van der Waals surface area contributed by atoms with Crippen molar-refractivity contribution in [1.29, 1.82) is 0 Å². The number of nitrogens with zero attached hydrogens (tertiary/aromatic N) is 1. The Hall–Kier alpha value is -1.56. The zero-order valence-corrected chi connectivity index (χ0v) is 13.5. The second kappa shape index (κ2) is 6.26. The van der Waals surface area contributed by atoms with Crippen molar-refractivity contribution >= 4 is 28.0 Å². The molecule has 1 aromatic rings. The van der Waals surface area contributed by atoms with E-state index in [-0.39, 0.29) is 0 Å². The molecule has 0 heterocycles. The molecule has 0 spiro atoms. The minimum Gasteiger partial charge on any atom is -0.479 e. The van der Waals surface area contributed by atoms with Crippen molar-refractivity contribution in [3.63, 3.8) is 0 Å². The molecule has 0 aromatic heterocycles. The molecule has 1 N–H and O–H groups in total. The van der Waals surface area contributed by atoms with Crippen LogP contribution in [-0.2, 0) is 9.53 Å². The largest absolute Gasteiger partial charge is 0.479 e. The molecular weight excluding hydrogens is 326 g/mol. The van der Waals surface area contributed by atoms with Gasteiger partial charge in [0.15, 0.2) is 6.04 Å². The Morgan fingerprint density at radius 1 is 1.25 bits per heavy atom. The maximum Gasteiger partial charge on any atom is 0.411 e. The van der Waals surface area contributed by atoms with Gasteiger partial charge >= 0.3 is 12.1 Å². The van der Waals surface area contributed by atoms with Gasteiger partial charge in [-0.3, -0.25) is 4.90 Å². The molecule has 0 bridgehead atoms. The fourth-order valence-electron chi connectivity index (χ4n) is 1.62. The standard InChI is InChI=1S/C14H18BrNO4/c1-14(2,3)20-13(19)16(4)11(12(17)18)9-5-7-10(15)8-6-9/h5-8,11H,1-4H3,(H,17,18). The van der Waals surface area contributed by atoms with E-state index in [1.54, 1.807) is 45.0 Å². The number of likely N-dealkylation sites (N-methyl/N-ethyl adjacent to an activating group) is 1. The van der Waals surface area contributed by atoms with E-state index in [4.69, 9.17) is 4.74 Å². The van der Waals surface area contributed by atoms with Crippen LogP contribution in [0.25, 0.3) is 0 Å². The second-order valence-corrected chi connectivity index (χ2v) is 6.30. The fraction of sp³-hybridized carbons (Fsp3) is 0.429. The van der Waals surface area contributed by atoms with Crippen LogP contribution in [0.5, 0.6) is 0 Å². The summed E-state index contributed by atoms with van der Waals surface area (Å²) in [6.45, 7) is 5.19. The molecule has 1 aromatic carbocycles. The van der Waals surface area contributed by atoms with E-state index in [2.05, 4.69) is 15.9 Å². The molecule has 5 nitrogen and oxygen atoms in total. The molecule has 1 rings (SSSR count). The summed E-state index contributed by atoms with van der Waals surface area (Å²) in [6.07, 6.45) is -0.673. The summed E-state index contributed by atoms with van der Waals surface area (Å²) >= 11 is 3.28. The highest BCUT2D eigenvalue weighted by atomic mass is 79.9. The minimum absolute atomic E-state index is 0.508. The van der Waals surface area contributed by atoms with Crippen LogP contribution in [0.3, 0.4) is 0 Å². The van der Waals surface area contributed by atoms with E-state index in [1.807, 2.05) is 0 Å². The first-order valence-corrected chi connectivity index (χ1v) is 6.85. The van der Waals surface area contributed by atoms with Crippen LogP contribution >= 0.6 is 15.9 Å². The van der Waals surface area contributed by atoms with Gasteiger partial charge < -0.3 is 9.84 Å². The molecule has 0 aliphatic rings. The first kappa shape index (κ1) is 16.5. The molecule has 1 unspecified atom stereocenters. The lowest BCUT2D eigenvalue weighted by Crippen LogP contribution is -2.39. The molecule has 0 aliphatic carbocycles. The third-order valence-corrected chi connectivity index (χ3v) is 3.02. The first-order chi connectivity index (χ1) is 9.11. The Bertz CT molecular complexity index is 493. The van der Waals surface area contributed by atoms with Crippen LogP contribution in [0, 0.1) is 0 Å². The Kier molecular flexibility index (Phi) is 5.16. The SMILES string of the molecule is CN(C(=O)OC(C)(C)C)C(C(=O)O)c1ccc(Br)cc1. The van der Waals surface area contributed by atoms with Gasteiger partial charge in [-0.2, -0.15) is 0 Å². The van der Waals surface area contributed by atoms with Crippen LogP contribution < -0.4 is 0 Å². The lowest BCUT2D eigenvalue weighted by molar-refractivity contribution is -0.142. The average molecular weight is 344 g/mol. The number of benzene rings is 1. The van der Waals surface area contributed by atoms with Gasteiger partial charge in [0.25, 0.3) is 0 Å². The molecule has 0 fully saturated rings. The molecule has 0 aliphatic heterocycles. The van der Waals surface area contributed by atoms with E-state index in [0.717, 1.165) is 9.37 Å². The van der Waals surface area contributed by atoms with Gasteiger partial charge in [0.2, 0.25) is 0 Å². The molecule has 1 amide bonds. The quantitative estimate of drug-likeness (QED) is 0.912. The normalized spacial score (nSPS) is 12.7. The number of hydrogen-bond acceptors (Lipinski definition) is 3. The third kappa shape index (κ3) is 4.52. The smallest absolute Gasteiger partial charge is 0.411 e. The van der Waals surface area contributed by atoms with Gasteiger partial charge in [0, 0.05) is 11.5 Å². The summed E-state index contributed by atoms with van der Waals surface area (Å²) in [4.78, 5) is 24.5. The Balaban J connectivity index is 2.99. The first-order valence-electron chi connectivity index (χ1n) is 6.06. The Morgan fingerprint density at radius 2 is 1.75 bits per heavy atom. The van der Waals surface area contributed by atoms with E-state index in [9.17, 15) is 14.7 Å². The van der Waals surface area contributed by atoms with Crippen LogP contribution in [-0.4, -0.2) is 34.7 Å². The summed E-state index contributed by atoms with van der Waals surface area (Å²) in [5.41, 5.74) is -0.164. The molecular formula is C14H18BrNO4. The summed E-state index contributed by atoms with van der Waals surface area (Å²) in [6, 6.07) is 5.69. The topological polar surface area (TPSA) is 66.8 Å². The van der Waals surface area contributed by atoms with E-state index < -0.39 is 23.7 Å². The summed E-state index contributed by atoms with van der Waals surface area (Å²) in [5.74, 6) is -1.11. The lowest BCUT2D eigenvalue weighted by Gasteiger charge is -2.28. The van der Waals surface area contributed by atoms with Gasteiger partial charge in [-0.15, -0.1) is 0 Å². The maximum atomic E-state index is 12.0. The number of rotatable bonds is 3. The number of carbonyl (C=O) groups excluding carboxylic acids is 1. The number of hydrogen-bond donors (Lipinski definition) is 1. The van der Waals surface area contributed by atoms with Gasteiger partial charge in [0.05, 0.1) is 0 Å². The molecule has 20 heavy (non-hydrogen) atoms. The monoisotopic (exact) mass is 343 g/mol. The van der Waals surface area contributed by atoms with Crippen LogP contribution in [0.4, 0.5) is 4.79 Å². The summed E-state index contributed by atoms with van der Waals surface area (Å²) < 4.78 is 6.03. The predicted molar refractivity (Wildman–Crippen MR) is 78.5 cm³/mol.